The SMILES string of the molecule is O=C(c1cn[nH]c1)N1CCCCCC1CBr. The Bertz CT molecular complexity index is 339. The molecule has 0 aliphatic carbocycles. The molecule has 4 nitrogen and oxygen atoms in total. The second-order valence-corrected chi connectivity index (χ2v) is 4.79. The lowest BCUT2D eigenvalue weighted by molar-refractivity contribution is 0.0702. The second kappa shape index (κ2) is 5.48. The number of H-pyrrole nitrogens is 1. The molecule has 1 aromatic heterocycles. The van der Waals surface area contributed by atoms with E-state index in [2.05, 4.69) is 26.1 Å². The molecule has 1 aliphatic heterocycles. The number of carbonyl (C=O) groups excluding carboxylic acids is 1. The van der Waals surface area contributed by atoms with Crippen molar-refractivity contribution < 1.29 is 4.79 Å². The summed E-state index contributed by atoms with van der Waals surface area (Å²) in [6.07, 6.45) is 7.89. The Kier molecular flexibility index (Phi) is 3.98. The van der Waals surface area contributed by atoms with Crippen molar-refractivity contribution in [1.29, 1.82) is 0 Å². The van der Waals surface area contributed by atoms with Gasteiger partial charge in [0.05, 0.1) is 11.8 Å². The monoisotopic (exact) mass is 285 g/mol. The molecule has 1 aliphatic rings. The molecule has 1 saturated heterocycles. The molecule has 5 heteroatoms. The van der Waals surface area contributed by atoms with Gasteiger partial charge in [0, 0.05) is 24.1 Å². The van der Waals surface area contributed by atoms with Crippen LogP contribution in [0.4, 0.5) is 0 Å². The quantitative estimate of drug-likeness (QED) is 0.847. The summed E-state index contributed by atoms with van der Waals surface area (Å²) in [4.78, 5) is 14.2. The van der Waals surface area contributed by atoms with Crippen LogP contribution < -0.4 is 0 Å². The summed E-state index contributed by atoms with van der Waals surface area (Å²) in [6.45, 7) is 0.861. The van der Waals surface area contributed by atoms with Gasteiger partial charge in [-0.15, -0.1) is 0 Å². The largest absolute Gasteiger partial charge is 0.335 e. The molecule has 2 rings (SSSR count). The standard InChI is InChI=1S/C11H16BrN3O/c12-6-10-4-2-1-3-5-15(10)11(16)9-7-13-14-8-9/h7-8,10H,1-6H2,(H,13,14). The summed E-state index contributed by atoms with van der Waals surface area (Å²) in [5, 5.41) is 7.37. The third-order valence-corrected chi connectivity index (χ3v) is 3.81. The van der Waals surface area contributed by atoms with E-state index in [0.29, 0.717) is 11.6 Å². The van der Waals surface area contributed by atoms with Gasteiger partial charge in [-0.25, -0.2) is 0 Å². The number of likely N-dealkylation sites (tertiary alicyclic amines) is 1. The molecule has 1 N–H and O–H groups in total. The van der Waals surface area contributed by atoms with E-state index in [1.54, 1.807) is 12.4 Å². The minimum Gasteiger partial charge on any atom is -0.335 e. The average molecular weight is 286 g/mol. The predicted molar refractivity (Wildman–Crippen MR) is 65.7 cm³/mol. The summed E-state index contributed by atoms with van der Waals surface area (Å²) in [6, 6.07) is 0.324. The summed E-state index contributed by atoms with van der Waals surface area (Å²) in [5.41, 5.74) is 0.660. The van der Waals surface area contributed by atoms with Crippen LogP contribution in [-0.2, 0) is 0 Å². The maximum Gasteiger partial charge on any atom is 0.257 e. The van der Waals surface area contributed by atoms with Gasteiger partial charge in [0.15, 0.2) is 0 Å². The highest BCUT2D eigenvalue weighted by Crippen LogP contribution is 2.20. The van der Waals surface area contributed by atoms with E-state index in [4.69, 9.17) is 0 Å². The van der Waals surface area contributed by atoms with Crippen LogP contribution in [0.2, 0.25) is 0 Å². The molecule has 16 heavy (non-hydrogen) atoms. The number of nitrogens with zero attached hydrogens (tertiary/aromatic N) is 2. The van der Waals surface area contributed by atoms with E-state index in [1.165, 1.54) is 12.8 Å². The van der Waals surface area contributed by atoms with Crippen LogP contribution >= 0.6 is 15.9 Å². The maximum absolute atomic E-state index is 12.2. The Morgan fingerprint density at radius 3 is 3.12 bits per heavy atom. The Morgan fingerprint density at radius 1 is 1.56 bits per heavy atom. The number of alkyl halides is 1. The van der Waals surface area contributed by atoms with Gasteiger partial charge in [-0.1, -0.05) is 28.8 Å². The van der Waals surface area contributed by atoms with E-state index in [-0.39, 0.29) is 5.91 Å². The van der Waals surface area contributed by atoms with Crippen LogP contribution in [0.1, 0.15) is 36.0 Å². The number of halogens is 1. The van der Waals surface area contributed by atoms with Gasteiger partial charge in [0.2, 0.25) is 0 Å². The van der Waals surface area contributed by atoms with Crippen molar-refractivity contribution in [2.45, 2.75) is 31.7 Å². The highest BCUT2D eigenvalue weighted by molar-refractivity contribution is 9.09. The lowest BCUT2D eigenvalue weighted by atomic mass is 10.1. The number of rotatable bonds is 2. The third-order valence-electron chi connectivity index (χ3n) is 3.06. The molecule has 1 fully saturated rings. The van der Waals surface area contributed by atoms with E-state index in [0.717, 1.165) is 24.7 Å². The summed E-state index contributed by atoms with van der Waals surface area (Å²) >= 11 is 3.50. The fourth-order valence-electron chi connectivity index (χ4n) is 2.14. The van der Waals surface area contributed by atoms with Crippen molar-refractivity contribution in [3.8, 4) is 0 Å². The van der Waals surface area contributed by atoms with Crippen molar-refractivity contribution >= 4 is 21.8 Å². The lowest BCUT2D eigenvalue weighted by Gasteiger charge is -2.28. The number of hydrogen-bond acceptors (Lipinski definition) is 2. The van der Waals surface area contributed by atoms with E-state index in [1.807, 2.05) is 4.90 Å². The van der Waals surface area contributed by atoms with Crippen molar-refractivity contribution in [3.05, 3.63) is 18.0 Å². The predicted octanol–water partition coefficient (Wildman–Crippen LogP) is 2.19. The number of carbonyl (C=O) groups is 1. The van der Waals surface area contributed by atoms with Gasteiger partial charge in [0.1, 0.15) is 0 Å². The summed E-state index contributed by atoms with van der Waals surface area (Å²) in [7, 11) is 0. The van der Waals surface area contributed by atoms with Crippen molar-refractivity contribution in [3.63, 3.8) is 0 Å². The highest BCUT2D eigenvalue weighted by Gasteiger charge is 2.25. The number of aromatic amines is 1. The van der Waals surface area contributed by atoms with Crippen LogP contribution in [-0.4, -0.2) is 38.9 Å². The second-order valence-electron chi connectivity index (χ2n) is 4.14. The number of nitrogens with one attached hydrogen (secondary N) is 1. The molecule has 0 radical (unpaired) electrons. The molecule has 1 aromatic rings. The van der Waals surface area contributed by atoms with E-state index < -0.39 is 0 Å². The number of amides is 1. The normalized spacial score (nSPS) is 21.8. The zero-order chi connectivity index (χ0) is 11.4. The van der Waals surface area contributed by atoms with Gasteiger partial charge >= 0.3 is 0 Å². The minimum absolute atomic E-state index is 0.0973. The van der Waals surface area contributed by atoms with Crippen molar-refractivity contribution in [1.82, 2.24) is 15.1 Å². The Morgan fingerprint density at radius 2 is 2.44 bits per heavy atom. The summed E-state index contributed by atoms with van der Waals surface area (Å²) < 4.78 is 0. The lowest BCUT2D eigenvalue weighted by Crippen LogP contribution is -2.40. The molecule has 0 aromatic carbocycles. The first-order chi connectivity index (χ1) is 7.83. The molecule has 0 bridgehead atoms. The van der Waals surface area contributed by atoms with Crippen LogP contribution in [0.5, 0.6) is 0 Å². The molecule has 0 saturated carbocycles. The molecule has 0 spiro atoms. The van der Waals surface area contributed by atoms with Gasteiger partial charge in [-0.3, -0.25) is 9.89 Å². The van der Waals surface area contributed by atoms with Crippen molar-refractivity contribution in [2.75, 3.05) is 11.9 Å². The van der Waals surface area contributed by atoms with Crippen LogP contribution in [0, 0.1) is 0 Å². The van der Waals surface area contributed by atoms with E-state index >= 15 is 0 Å². The van der Waals surface area contributed by atoms with Crippen LogP contribution in [0.15, 0.2) is 12.4 Å². The Hall–Kier alpha value is -0.840. The molecule has 1 atom stereocenters. The topological polar surface area (TPSA) is 49.0 Å². The Balaban J connectivity index is 2.13. The first kappa shape index (κ1) is 11.6. The maximum atomic E-state index is 12.2. The molecular formula is C11H16BrN3O. The first-order valence-electron chi connectivity index (χ1n) is 5.68. The third kappa shape index (κ3) is 2.45. The first-order valence-corrected chi connectivity index (χ1v) is 6.81. The van der Waals surface area contributed by atoms with Crippen LogP contribution in [0.3, 0.4) is 0 Å². The smallest absolute Gasteiger partial charge is 0.257 e. The van der Waals surface area contributed by atoms with Crippen LogP contribution in [0.25, 0.3) is 0 Å². The van der Waals surface area contributed by atoms with Gasteiger partial charge < -0.3 is 4.90 Å². The van der Waals surface area contributed by atoms with Gasteiger partial charge in [-0.2, -0.15) is 5.10 Å². The van der Waals surface area contributed by atoms with Crippen molar-refractivity contribution in [2.24, 2.45) is 0 Å². The average Bonchev–Trinajstić information content (AvgIpc) is 2.73. The molecular weight excluding hydrogens is 270 g/mol. The fourth-order valence-corrected chi connectivity index (χ4v) is 2.81. The molecule has 2 heterocycles. The fraction of sp³-hybridized carbons (Fsp3) is 0.636. The van der Waals surface area contributed by atoms with Gasteiger partial charge in [0.25, 0.3) is 5.91 Å². The molecule has 88 valence electrons. The molecule has 1 unspecified atom stereocenters. The van der Waals surface area contributed by atoms with Gasteiger partial charge in [-0.05, 0) is 12.8 Å². The Labute approximate surface area is 104 Å². The number of hydrogen-bond donors (Lipinski definition) is 1. The highest BCUT2D eigenvalue weighted by atomic mass is 79.9. The van der Waals surface area contributed by atoms with E-state index in [9.17, 15) is 4.79 Å². The molecule has 1 amide bonds. The zero-order valence-corrected chi connectivity index (χ0v) is 10.7. The zero-order valence-electron chi connectivity index (χ0n) is 9.16. The summed E-state index contributed by atoms with van der Waals surface area (Å²) in [5.74, 6) is 0.0973. The number of aromatic nitrogens is 2. The minimum atomic E-state index is 0.0973.